The smallest absolute Gasteiger partial charge is 0.254 e. The average molecular weight is 352 g/mol. The SMILES string of the molecule is Cc1cccc(C(=O)N2CC3(C2)OCCC3COCc2ccncc2)c1. The van der Waals surface area contributed by atoms with Crippen LogP contribution in [-0.2, 0) is 16.1 Å². The molecule has 0 aliphatic carbocycles. The lowest BCUT2D eigenvalue weighted by molar-refractivity contribution is -0.129. The highest BCUT2D eigenvalue weighted by atomic mass is 16.5. The van der Waals surface area contributed by atoms with E-state index in [1.165, 1.54) is 0 Å². The second-order valence-electron chi connectivity index (χ2n) is 7.30. The third-order valence-electron chi connectivity index (χ3n) is 5.41. The van der Waals surface area contributed by atoms with Gasteiger partial charge in [-0.25, -0.2) is 0 Å². The van der Waals surface area contributed by atoms with Crippen LogP contribution in [0.2, 0.25) is 0 Å². The van der Waals surface area contributed by atoms with Crippen molar-refractivity contribution in [1.29, 1.82) is 0 Å². The molecule has 26 heavy (non-hydrogen) atoms. The summed E-state index contributed by atoms with van der Waals surface area (Å²) in [5, 5.41) is 0. The number of ether oxygens (including phenoxy) is 2. The predicted octanol–water partition coefficient (Wildman–Crippen LogP) is 2.84. The van der Waals surface area contributed by atoms with E-state index in [0.717, 1.165) is 29.7 Å². The van der Waals surface area contributed by atoms with Gasteiger partial charge in [0.2, 0.25) is 0 Å². The van der Waals surface area contributed by atoms with Gasteiger partial charge < -0.3 is 14.4 Å². The van der Waals surface area contributed by atoms with Crippen molar-refractivity contribution in [1.82, 2.24) is 9.88 Å². The summed E-state index contributed by atoms with van der Waals surface area (Å²) < 4.78 is 12.0. The Labute approximate surface area is 153 Å². The van der Waals surface area contributed by atoms with Crippen LogP contribution in [0.15, 0.2) is 48.8 Å². The van der Waals surface area contributed by atoms with Gasteiger partial charge >= 0.3 is 0 Å². The summed E-state index contributed by atoms with van der Waals surface area (Å²) in [7, 11) is 0. The number of carbonyl (C=O) groups excluding carboxylic acids is 1. The fraction of sp³-hybridized carbons (Fsp3) is 0.429. The molecule has 5 nitrogen and oxygen atoms in total. The van der Waals surface area contributed by atoms with Crippen LogP contribution in [0.25, 0.3) is 0 Å². The fourth-order valence-electron chi connectivity index (χ4n) is 3.87. The van der Waals surface area contributed by atoms with Gasteiger partial charge in [0.15, 0.2) is 0 Å². The van der Waals surface area contributed by atoms with Gasteiger partial charge in [-0.15, -0.1) is 0 Å². The lowest BCUT2D eigenvalue weighted by atomic mass is 9.81. The van der Waals surface area contributed by atoms with E-state index in [1.54, 1.807) is 12.4 Å². The Bertz CT molecular complexity index is 772. The van der Waals surface area contributed by atoms with E-state index in [4.69, 9.17) is 9.47 Å². The van der Waals surface area contributed by atoms with Crippen LogP contribution in [0, 0.1) is 12.8 Å². The molecule has 1 amide bonds. The summed E-state index contributed by atoms with van der Waals surface area (Å²) in [6, 6.07) is 11.7. The largest absolute Gasteiger partial charge is 0.376 e. The number of hydrogen-bond acceptors (Lipinski definition) is 4. The maximum Gasteiger partial charge on any atom is 0.254 e. The molecule has 5 heteroatoms. The molecular weight excluding hydrogens is 328 g/mol. The van der Waals surface area contributed by atoms with E-state index in [9.17, 15) is 4.79 Å². The lowest BCUT2D eigenvalue weighted by Crippen LogP contribution is -2.66. The normalized spacial score (nSPS) is 21.0. The number of carbonyl (C=O) groups is 1. The summed E-state index contributed by atoms with van der Waals surface area (Å²) in [5.41, 5.74) is 2.75. The Morgan fingerprint density at radius 3 is 2.88 bits per heavy atom. The van der Waals surface area contributed by atoms with Crippen LogP contribution in [-0.4, -0.2) is 47.7 Å². The van der Waals surface area contributed by atoms with Crippen molar-refractivity contribution in [3.63, 3.8) is 0 Å². The van der Waals surface area contributed by atoms with Crippen LogP contribution in [0.3, 0.4) is 0 Å². The minimum Gasteiger partial charge on any atom is -0.376 e. The molecule has 1 aromatic heterocycles. The molecule has 1 unspecified atom stereocenters. The monoisotopic (exact) mass is 352 g/mol. The molecule has 1 spiro atoms. The first-order valence-corrected chi connectivity index (χ1v) is 9.13. The molecule has 2 aliphatic rings. The minimum atomic E-state index is -0.224. The third kappa shape index (κ3) is 3.37. The van der Waals surface area contributed by atoms with Gasteiger partial charge in [-0.2, -0.15) is 0 Å². The number of amides is 1. The van der Waals surface area contributed by atoms with Crippen molar-refractivity contribution in [2.24, 2.45) is 5.92 Å². The van der Waals surface area contributed by atoms with Gasteiger partial charge in [0.1, 0.15) is 5.60 Å². The van der Waals surface area contributed by atoms with Crippen molar-refractivity contribution in [2.75, 3.05) is 26.3 Å². The zero-order valence-electron chi connectivity index (χ0n) is 15.1. The number of pyridine rings is 1. The average Bonchev–Trinajstić information content (AvgIpc) is 3.05. The van der Waals surface area contributed by atoms with Gasteiger partial charge in [0, 0.05) is 30.5 Å². The standard InChI is InChI=1S/C21H24N2O3/c1-16-3-2-4-18(11-16)20(24)23-14-21(15-23)19(7-10-26-21)13-25-12-17-5-8-22-9-6-17/h2-6,8-9,11,19H,7,10,12-15H2,1H3. The Morgan fingerprint density at radius 2 is 2.12 bits per heavy atom. The first kappa shape index (κ1) is 17.2. The highest BCUT2D eigenvalue weighted by molar-refractivity contribution is 5.95. The highest BCUT2D eigenvalue weighted by Crippen LogP contribution is 2.40. The number of aryl methyl sites for hydroxylation is 1. The molecule has 1 atom stereocenters. The number of aromatic nitrogens is 1. The van der Waals surface area contributed by atoms with Crippen molar-refractivity contribution in [3.05, 3.63) is 65.5 Å². The quantitative estimate of drug-likeness (QED) is 0.830. The van der Waals surface area contributed by atoms with E-state index < -0.39 is 0 Å². The zero-order valence-corrected chi connectivity index (χ0v) is 15.1. The lowest BCUT2D eigenvalue weighted by Gasteiger charge is -2.50. The van der Waals surface area contributed by atoms with E-state index in [2.05, 4.69) is 4.98 Å². The Morgan fingerprint density at radius 1 is 1.31 bits per heavy atom. The van der Waals surface area contributed by atoms with Gasteiger partial charge in [0.25, 0.3) is 5.91 Å². The van der Waals surface area contributed by atoms with Crippen molar-refractivity contribution >= 4 is 5.91 Å². The first-order chi connectivity index (χ1) is 12.7. The Kier molecular flexibility index (Phi) is 4.74. The molecule has 0 bridgehead atoms. The number of likely N-dealkylation sites (tertiary alicyclic amines) is 1. The van der Waals surface area contributed by atoms with E-state index >= 15 is 0 Å². The van der Waals surface area contributed by atoms with Gasteiger partial charge in [0.05, 0.1) is 26.3 Å². The van der Waals surface area contributed by atoms with Crippen LogP contribution >= 0.6 is 0 Å². The van der Waals surface area contributed by atoms with Gasteiger partial charge in [-0.3, -0.25) is 9.78 Å². The third-order valence-corrected chi connectivity index (χ3v) is 5.41. The van der Waals surface area contributed by atoms with Crippen LogP contribution in [0.1, 0.15) is 27.9 Å². The summed E-state index contributed by atoms with van der Waals surface area (Å²) >= 11 is 0. The highest BCUT2D eigenvalue weighted by Gasteiger charge is 2.54. The summed E-state index contributed by atoms with van der Waals surface area (Å²) in [4.78, 5) is 18.6. The van der Waals surface area contributed by atoms with Gasteiger partial charge in [-0.1, -0.05) is 17.7 Å². The van der Waals surface area contributed by atoms with E-state index in [0.29, 0.717) is 32.2 Å². The van der Waals surface area contributed by atoms with E-state index in [-0.39, 0.29) is 11.5 Å². The topological polar surface area (TPSA) is 51.7 Å². The molecule has 2 saturated heterocycles. The molecule has 2 aliphatic heterocycles. The molecule has 136 valence electrons. The van der Waals surface area contributed by atoms with E-state index in [1.807, 2.05) is 48.2 Å². The number of nitrogens with zero attached hydrogens (tertiary/aromatic N) is 2. The second kappa shape index (κ2) is 7.17. The summed E-state index contributed by atoms with van der Waals surface area (Å²) in [6.07, 6.45) is 4.54. The molecule has 2 fully saturated rings. The van der Waals surface area contributed by atoms with Crippen LogP contribution in [0.4, 0.5) is 0 Å². The maximum absolute atomic E-state index is 12.7. The van der Waals surface area contributed by atoms with Gasteiger partial charge in [-0.05, 0) is 43.2 Å². The van der Waals surface area contributed by atoms with Crippen molar-refractivity contribution in [2.45, 2.75) is 25.6 Å². The molecular formula is C21H24N2O3. The summed E-state index contributed by atoms with van der Waals surface area (Å²) in [5.74, 6) is 0.428. The van der Waals surface area contributed by atoms with Crippen LogP contribution in [0.5, 0.6) is 0 Å². The minimum absolute atomic E-state index is 0.0891. The Balaban J connectivity index is 1.32. The van der Waals surface area contributed by atoms with Crippen molar-refractivity contribution in [3.8, 4) is 0 Å². The Hall–Kier alpha value is -2.24. The second-order valence-corrected chi connectivity index (χ2v) is 7.30. The van der Waals surface area contributed by atoms with Crippen LogP contribution < -0.4 is 0 Å². The molecule has 0 saturated carbocycles. The molecule has 0 N–H and O–H groups in total. The first-order valence-electron chi connectivity index (χ1n) is 9.13. The molecule has 4 rings (SSSR count). The maximum atomic E-state index is 12.7. The number of rotatable bonds is 5. The zero-order chi connectivity index (χ0) is 18.0. The summed E-state index contributed by atoms with van der Waals surface area (Å²) in [6.45, 7) is 5.31. The molecule has 3 heterocycles. The molecule has 0 radical (unpaired) electrons. The number of hydrogen-bond donors (Lipinski definition) is 0. The molecule has 2 aromatic rings. The molecule has 1 aromatic carbocycles. The van der Waals surface area contributed by atoms with Crippen molar-refractivity contribution < 1.29 is 14.3 Å². The predicted molar refractivity (Wildman–Crippen MR) is 97.8 cm³/mol. The number of benzene rings is 1. The fourth-order valence-corrected chi connectivity index (χ4v) is 3.87.